The monoisotopic (exact) mass is 205 g/mol. The van der Waals surface area contributed by atoms with E-state index in [4.69, 9.17) is 4.42 Å². The SMILES string of the molecule is CNC(C1=CCCCC1)c1coc(C)c1. The van der Waals surface area contributed by atoms with Gasteiger partial charge in [-0.05, 0) is 45.7 Å². The molecule has 1 heterocycles. The molecule has 0 bridgehead atoms. The van der Waals surface area contributed by atoms with Crippen LogP contribution in [-0.4, -0.2) is 7.05 Å². The number of hydrogen-bond acceptors (Lipinski definition) is 2. The minimum atomic E-state index is 0.350. The van der Waals surface area contributed by atoms with E-state index >= 15 is 0 Å². The summed E-state index contributed by atoms with van der Waals surface area (Å²) in [5.41, 5.74) is 2.77. The van der Waals surface area contributed by atoms with E-state index in [1.807, 2.05) is 20.2 Å². The van der Waals surface area contributed by atoms with Gasteiger partial charge in [-0.3, -0.25) is 0 Å². The lowest BCUT2D eigenvalue weighted by atomic mass is 9.91. The van der Waals surface area contributed by atoms with E-state index in [-0.39, 0.29) is 0 Å². The fourth-order valence-electron chi connectivity index (χ4n) is 2.31. The quantitative estimate of drug-likeness (QED) is 0.765. The summed E-state index contributed by atoms with van der Waals surface area (Å²) in [6.07, 6.45) is 9.35. The first-order valence-electron chi connectivity index (χ1n) is 5.72. The Morgan fingerprint density at radius 3 is 2.80 bits per heavy atom. The Hall–Kier alpha value is -1.02. The molecule has 1 atom stereocenters. The maximum Gasteiger partial charge on any atom is 0.101 e. The van der Waals surface area contributed by atoms with E-state index in [1.165, 1.54) is 36.8 Å². The van der Waals surface area contributed by atoms with Crippen molar-refractivity contribution in [3.63, 3.8) is 0 Å². The molecule has 1 unspecified atom stereocenters. The third-order valence-corrected chi connectivity index (χ3v) is 3.07. The Morgan fingerprint density at radius 2 is 2.27 bits per heavy atom. The van der Waals surface area contributed by atoms with Gasteiger partial charge in [0.2, 0.25) is 0 Å². The number of allylic oxidation sites excluding steroid dienone is 1. The Balaban J connectivity index is 2.19. The van der Waals surface area contributed by atoms with Crippen molar-refractivity contribution in [2.75, 3.05) is 7.05 Å². The van der Waals surface area contributed by atoms with Crippen LogP contribution in [0.4, 0.5) is 0 Å². The smallest absolute Gasteiger partial charge is 0.101 e. The second-order valence-electron chi connectivity index (χ2n) is 4.24. The number of rotatable bonds is 3. The van der Waals surface area contributed by atoms with Gasteiger partial charge >= 0.3 is 0 Å². The number of hydrogen-bond donors (Lipinski definition) is 1. The molecule has 0 saturated heterocycles. The zero-order valence-electron chi connectivity index (χ0n) is 9.55. The van der Waals surface area contributed by atoms with Gasteiger partial charge in [0.05, 0.1) is 12.3 Å². The maximum absolute atomic E-state index is 5.37. The van der Waals surface area contributed by atoms with Crippen LogP contribution in [-0.2, 0) is 0 Å². The molecule has 0 spiro atoms. The zero-order chi connectivity index (χ0) is 10.7. The molecule has 82 valence electrons. The summed E-state index contributed by atoms with van der Waals surface area (Å²) >= 11 is 0. The molecule has 2 rings (SSSR count). The third kappa shape index (κ3) is 2.32. The van der Waals surface area contributed by atoms with Crippen molar-refractivity contribution in [3.05, 3.63) is 35.3 Å². The van der Waals surface area contributed by atoms with E-state index in [9.17, 15) is 0 Å². The molecule has 1 N–H and O–H groups in total. The highest BCUT2D eigenvalue weighted by atomic mass is 16.3. The van der Waals surface area contributed by atoms with Gasteiger partial charge in [0.1, 0.15) is 5.76 Å². The molecule has 0 fully saturated rings. The minimum Gasteiger partial charge on any atom is -0.469 e. The molecule has 1 aromatic rings. The van der Waals surface area contributed by atoms with E-state index in [2.05, 4.69) is 17.5 Å². The van der Waals surface area contributed by atoms with Gasteiger partial charge in [0.15, 0.2) is 0 Å². The molecular formula is C13H19NO. The second kappa shape index (κ2) is 4.67. The summed E-state index contributed by atoms with van der Waals surface area (Å²) in [6, 6.07) is 2.47. The number of nitrogens with one attached hydrogen (secondary N) is 1. The average molecular weight is 205 g/mol. The van der Waals surface area contributed by atoms with Gasteiger partial charge in [-0.15, -0.1) is 0 Å². The average Bonchev–Trinajstić information content (AvgIpc) is 2.68. The number of furan rings is 1. The van der Waals surface area contributed by atoms with Crippen LogP contribution >= 0.6 is 0 Å². The van der Waals surface area contributed by atoms with Crippen LogP contribution in [0.25, 0.3) is 0 Å². The molecule has 2 nitrogen and oxygen atoms in total. The van der Waals surface area contributed by atoms with Crippen LogP contribution in [0.5, 0.6) is 0 Å². The molecular weight excluding hydrogens is 186 g/mol. The molecule has 0 amide bonds. The molecule has 0 saturated carbocycles. The van der Waals surface area contributed by atoms with Crippen molar-refractivity contribution in [1.29, 1.82) is 0 Å². The predicted octanol–water partition coefficient (Wildman–Crippen LogP) is 3.35. The first-order chi connectivity index (χ1) is 7.31. The summed E-state index contributed by atoms with van der Waals surface area (Å²) in [5, 5.41) is 3.37. The molecule has 0 radical (unpaired) electrons. The maximum atomic E-state index is 5.37. The van der Waals surface area contributed by atoms with Crippen molar-refractivity contribution in [2.45, 2.75) is 38.6 Å². The second-order valence-corrected chi connectivity index (χ2v) is 4.24. The van der Waals surface area contributed by atoms with Gasteiger partial charge in [-0.2, -0.15) is 0 Å². The Morgan fingerprint density at radius 1 is 1.40 bits per heavy atom. The molecule has 1 aliphatic rings. The Labute approximate surface area is 91.4 Å². The predicted molar refractivity (Wildman–Crippen MR) is 61.8 cm³/mol. The Kier molecular flexibility index (Phi) is 3.27. The van der Waals surface area contributed by atoms with Crippen LogP contribution < -0.4 is 5.32 Å². The highest BCUT2D eigenvalue weighted by Crippen LogP contribution is 2.30. The van der Waals surface area contributed by atoms with Crippen LogP contribution in [0.15, 0.2) is 28.4 Å². The van der Waals surface area contributed by atoms with Gasteiger partial charge < -0.3 is 9.73 Å². The number of likely N-dealkylation sites (N-methyl/N-ethyl adjacent to an activating group) is 1. The highest BCUT2D eigenvalue weighted by molar-refractivity contribution is 5.27. The molecule has 15 heavy (non-hydrogen) atoms. The number of aryl methyl sites for hydroxylation is 1. The summed E-state index contributed by atoms with van der Waals surface area (Å²) < 4.78 is 5.37. The Bertz CT molecular complexity index is 351. The lowest BCUT2D eigenvalue weighted by Gasteiger charge is -2.21. The summed E-state index contributed by atoms with van der Waals surface area (Å²) in [6.45, 7) is 1.99. The molecule has 1 aliphatic carbocycles. The summed E-state index contributed by atoms with van der Waals surface area (Å²) in [5.74, 6) is 0.988. The molecule has 2 heteroatoms. The summed E-state index contributed by atoms with van der Waals surface area (Å²) in [7, 11) is 2.02. The zero-order valence-corrected chi connectivity index (χ0v) is 9.55. The van der Waals surface area contributed by atoms with Crippen LogP contribution in [0.2, 0.25) is 0 Å². The van der Waals surface area contributed by atoms with Crippen molar-refractivity contribution in [1.82, 2.24) is 5.32 Å². The highest BCUT2D eigenvalue weighted by Gasteiger charge is 2.17. The minimum absolute atomic E-state index is 0.350. The van der Waals surface area contributed by atoms with Crippen LogP contribution in [0.3, 0.4) is 0 Å². The normalized spacial score (nSPS) is 18.7. The van der Waals surface area contributed by atoms with E-state index < -0.39 is 0 Å². The lowest BCUT2D eigenvalue weighted by Crippen LogP contribution is -2.19. The van der Waals surface area contributed by atoms with Crippen LogP contribution in [0, 0.1) is 6.92 Å². The third-order valence-electron chi connectivity index (χ3n) is 3.07. The standard InChI is InChI=1S/C13H19NO/c1-10-8-12(9-15-10)13(14-2)11-6-4-3-5-7-11/h6,8-9,13-14H,3-5,7H2,1-2H3. The van der Waals surface area contributed by atoms with Crippen molar-refractivity contribution >= 4 is 0 Å². The van der Waals surface area contributed by atoms with Gasteiger partial charge in [0, 0.05) is 5.56 Å². The van der Waals surface area contributed by atoms with Crippen molar-refractivity contribution in [3.8, 4) is 0 Å². The van der Waals surface area contributed by atoms with Gasteiger partial charge in [-0.25, -0.2) is 0 Å². The van der Waals surface area contributed by atoms with E-state index in [1.54, 1.807) is 0 Å². The largest absolute Gasteiger partial charge is 0.469 e. The van der Waals surface area contributed by atoms with Gasteiger partial charge in [0.25, 0.3) is 0 Å². The summed E-state index contributed by atoms with van der Waals surface area (Å²) in [4.78, 5) is 0. The van der Waals surface area contributed by atoms with Crippen LogP contribution in [0.1, 0.15) is 43.0 Å². The fraction of sp³-hybridized carbons (Fsp3) is 0.538. The molecule has 0 aromatic carbocycles. The van der Waals surface area contributed by atoms with Crippen molar-refractivity contribution in [2.24, 2.45) is 0 Å². The lowest BCUT2D eigenvalue weighted by molar-refractivity contribution is 0.524. The van der Waals surface area contributed by atoms with Crippen molar-refractivity contribution < 1.29 is 4.42 Å². The first kappa shape index (κ1) is 10.5. The van der Waals surface area contributed by atoms with E-state index in [0.717, 1.165) is 5.76 Å². The van der Waals surface area contributed by atoms with Gasteiger partial charge in [-0.1, -0.05) is 11.6 Å². The first-order valence-corrected chi connectivity index (χ1v) is 5.72. The van der Waals surface area contributed by atoms with E-state index in [0.29, 0.717) is 6.04 Å². The topological polar surface area (TPSA) is 25.2 Å². The fourth-order valence-corrected chi connectivity index (χ4v) is 2.31. The molecule has 0 aliphatic heterocycles. The molecule has 1 aromatic heterocycles.